The van der Waals surface area contributed by atoms with Crippen molar-refractivity contribution in [3.8, 4) is 16.9 Å². The monoisotopic (exact) mass is 234 g/mol. The van der Waals surface area contributed by atoms with Crippen LogP contribution < -0.4 is 4.74 Å². The molecule has 88 valence electrons. The number of hydrogen-bond acceptors (Lipinski definition) is 1. The molecule has 0 unspecified atom stereocenters. The van der Waals surface area contributed by atoms with E-state index in [2.05, 4.69) is 0 Å². The smallest absolute Gasteiger partial charge is 0.126 e. The number of halogens is 2. The van der Waals surface area contributed by atoms with E-state index in [9.17, 15) is 8.78 Å². The molecule has 0 radical (unpaired) electrons. The molecule has 0 aliphatic heterocycles. The minimum absolute atomic E-state index is 0.504. The van der Waals surface area contributed by atoms with E-state index in [1.807, 2.05) is 13.0 Å². The summed E-state index contributed by atoms with van der Waals surface area (Å²) in [7, 11) is 0. The van der Waals surface area contributed by atoms with Crippen molar-refractivity contribution in [3.05, 3.63) is 54.1 Å². The summed E-state index contributed by atoms with van der Waals surface area (Å²) in [4.78, 5) is 0. The molecule has 0 spiro atoms. The van der Waals surface area contributed by atoms with E-state index >= 15 is 0 Å². The highest BCUT2D eigenvalue weighted by Crippen LogP contribution is 2.25. The fourth-order valence-corrected chi connectivity index (χ4v) is 1.65. The zero-order valence-corrected chi connectivity index (χ0v) is 9.41. The van der Waals surface area contributed by atoms with Crippen LogP contribution >= 0.6 is 0 Å². The van der Waals surface area contributed by atoms with E-state index in [0.29, 0.717) is 17.9 Å². The van der Waals surface area contributed by atoms with Gasteiger partial charge in [0.1, 0.15) is 17.4 Å². The largest absolute Gasteiger partial charge is 0.494 e. The fourth-order valence-electron chi connectivity index (χ4n) is 1.65. The molecule has 2 aromatic carbocycles. The van der Waals surface area contributed by atoms with Gasteiger partial charge in [0.25, 0.3) is 0 Å². The van der Waals surface area contributed by atoms with Crippen LogP contribution in [0.25, 0.3) is 11.1 Å². The van der Waals surface area contributed by atoms with Crippen molar-refractivity contribution in [1.82, 2.24) is 0 Å². The summed E-state index contributed by atoms with van der Waals surface area (Å²) in [6.07, 6.45) is 0. The predicted octanol–water partition coefficient (Wildman–Crippen LogP) is 4.03. The predicted molar refractivity (Wildman–Crippen MR) is 63.0 cm³/mol. The summed E-state index contributed by atoms with van der Waals surface area (Å²) in [5.74, 6) is -0.474. The Hall–Kier alpha value is -1.90. The van der Waals surface area contributed by atoms with Crippen LogP contribution in [0.1, 0.15) is 6.92 Å². The Morgan fingerprint density at radius 1 is 0.941 bits per heavy atom. The molecule has 17 heavy (non-hydrogen) atoms. The first-order valence-corrected chi connectivity index (χ1v) is 5.38. The van der Waals surface area contributed by atoms with Crippen molar-refractivity contribution >= 4 is 0 Å². The summed E-state index contributed by atoms with van der Waals surface area (Å²) < 4.78 is 31.5. The molecule has 2 aromatic rings. The van der Waals surface area contributed by atoms with Crippen LogP contribution in [0.15, 0.2) is 42.5 Å². The molecule has 0 aromatic heterocycles. The Bertz CT molecular complexity index is 503. The molecule has 0 aliphatic rings. The van der Waals surface area contributed by atoms with Crippen molar-refractivity contribution in [1.29, 1.82) is 0 Å². The third kappa shape index (κ3) is 2.81. The minimum atomic E-state index is -0.582. The van der Waals surface area contributed by atoms with E-state index in [-0.39, 0.29) is 0 Å². The van der Waals surface area contributed by atoms with E-state index in [1.165, 1.54) is 12.1 Å². The summed E-state index contributed by atoms with van der Waals surface area (Å²) >= 11 is 0. The normalized spacial score (nSPS) is 10.3. The highest BCUT2D eigenvalue weighted by Gasteiger charge is 2.04. The average molecular weight is 234 g/mol. The first-order valence-electron chi connectivity index (χ1n) is 5.38. The molecule has 0 fully saturated rings. The van der Waals surface area contributed by atoms with Gasteiger partial charge in [-0.2, -0.15) is 0 Å². The highest BCUT2D eigenvalue weighted by atomic mass is 19.1. The molecule has 3 heteroatoms. The van der Waals surface area contributed by atoms with Gasteiger partial charge < -0.3 is 4.74 Å². The van der Waals surface area contributed by atoms with Gasteiger partial charge >= 0.3 is 0 Å². The maximum Gasteiger partial charge on any atom is 0.126 e. The van der Waals surface area contributed by atoms with Crippen LogP contribution in [-0.4, -0.2) is 6.61 Å². The van der Waals surface area contributed by atoms with E-state index in [1.54, 1.807) is 18.2 Å². The van der Waals surface area contributed by atoms with E-state index < -0.39 is 11.6 Å². The van der Waals surface area contributed by atoms with Gasteiger partial charge in [0.15, 0.2) is 0 Å². The van der Waals surface area contributed by atoms with Gasteiger partial charge in [-0.3, -0.25) is 0 Å². The summed E-state index contributed by atoms with van der Waals surface area (Å²) in [6.45, 7) is 2.44. The first kappa shape index (κ1) is 11.6. The molecular formula is C14H12F2O. The Kier molecular flexibility index (Phi) is 3.38. The zero-order valence-electron chi connectivity index (χ0n) is 9.41. The number of hydrogen-bond donors (Lipinski definition) is 0. The van der Waals surface area contributed by atoms with Gasteiger partial charge in [0.05, 0.1) is 6.61 Å². The Morgan fingerprint density at radius 3 is 2.29 bits per heavy atom. The maximum atomic E-state index is 13.1. The van der Waals surface area contributed by atoms with Crippen LogP contribution in [0, 0.1) is 11.6 Å². The molecule has 0 bridgehead atoms. The van der Waals surface area contributed by atoms with Crippen LogP contribution in [-0.2, 0) is 0 Å². The van der Waals surface area contributed by atoms with Gasteiger partial charge in [-0.25, -0.2) is 8.78 Å². The Balaban J connectivity index is 2.41. The summed E-state index contributed by atoms with van der Waals surface area (Å²) in [5, 5.41) is 0. The van der Waals surface area contributed by atoms with Gasteiger partial charge in [0.2, 0.25) is 0 Å². The summed E-state index contributed by atoms with van der Waals surface area (Å²) in [6, 6.07) is 10.6. The van der Waals surface area contributed by atoms with E-state index in [4.69, 9.17) is 4.74 Å². The molecule has 2 rings (SSSR count). The van der Waals surface area contributed by atoms with E-state index in [0.717, 1.165) is 11.6 Å². The maximum absolute atomic E-state index is 13.1. The van der Waals surface area contributed by atoms with Crippen molar-refractivity contribution in [2.24, 2.45) is 0 Å². The van der Waals surface area contributed by atoms with Gasteiger partial charge in [-0.05, 0) is 42.3 Å². The van der Waals surface area contributed by atoms with Crippen molar-refractivity contribution in [2.45, 2.75) is 6.92 Å². The Morgan fingerprint density at radius 2 is 1.65 bits per heavy atom. The topological polar surface area (TPSA) is 9.23 Å². The molecule has 0 saturated carbocycles. The van der Waals surface area contributed by atoms with Crippen LogP contribution in [0.2, 0.25) is 0 Å². The molecule has 0 N–H and O–H groups in total. The number of rotatable bonds is 3. The molecule has 0 heterocycles. The number of ether oxygens (including phenoxy) is 1. The van der Waals surface area contributed by atoms with Crippen LogP contribution in [0.5, 0.6) is 5.75 Å². The molecule has 0 amide bonds. The van der Waals surface area contributed by atoms with Gasteiger partial charge in [-0.15, -0.1) is 0 Å². The Labute approximate surface area is 98.7 Å². The second kappa shape index (κ2) is 4.95. The lowest BCUT2D eigenvalue weighted by Gasteiger charge is -2.06. The lowest BCUT2D eigenvalue weighted by molar-refractivity contribution is 0.340. The lowest BCUT2D eigenvalue weighted by atomic mass is 10.1. The SMILES string of the molecule is CCOc1cccc(-c2cc(F)cc(F)c2)c1. The quantitative estimate of drug-likeness (QED) is 0.779. The molecule has 0 aliphatic carbocycles. The van der Waals surface area contributed by atoms with Crippen molar-refractivity contribution in [3.63, 3.8) is 0 Å². The standard InChI is InChI=1S/C14H12F2O/c1-2-17-14-5-3-4-10(8-14)11-6-12(15)9-13(16)7-11/h3-9H,2H2,1H3. The average Bonchev–Trinajstić information content (AvgIpc) is 2.28. The van der Waals surface area contributed by atoms with Crippen LogP contribution in [0.3, 0.4) is 0 Å². The fraction of sp³-hybridized carbons (Fsp3) is 0.143. The molecule has 0 atom stereocenters. The zero-order chi connectivity index (χ0) is 12.3. The lowest BCUT2D eigenvalue weighted by Crippen LogP contribution is -1.91. The van der Waals surface area contributed by atoms with Gasteiger partial charge in [-0.1, -0.05) is 12.1 Å². The molecule has 1 nitrogen and oxygen atoms in total. The van der Waals surface area contributed by atoms with Crippen LogP contribution in [0.4, 0.5) is 8.78 Å². The van der Waals surface area contributed by atoms with Crippen molar-refractivity contribution < 1.29 is 13.5 Å². The van der Waals surface area contributed by atoms with Crippen molar-refractivity contribution in [2.75, 3.05) is 6.61 Å². The first-order chi connectivity index (χ1) is 8.19. The second-order valence-electron chi connectivity index (χ2n) is 3.62. The summed E-state index contributed by atoms with van der Waals surface area (Å²) in [5.41, 5.74) is 1.23. The molecule has 0 saturated heterocycles. The third-order valence-corrected chi connectivity index (χ3v) is 2.34. The van der Waals surface area contributed by atoms with Gasteiger partial charge in [0, 0.05) is 6.07 Å². The minimum Gasteiger partial charge on any atom is -0.494 e. The second-order valence-corrected chi connectivity index (χ2v) is 3.62. The third-order valence-electron chi connectivity index (χ3n) is 2.34. The number of benzene rings is 2. The highest BCUT2D eigenvalue weighted by molar-refractivity contribution is 5.65. The molecular weight excluding hydrogens is 222 g/mol.